The molecule has 0 aliphatic rings. The van der Waals surface area contributed by atoms with Crippen molar-refractivity contribution in [3.05, 3.63) is 54.4 Å². The molecule has 2 aromatic carbocycles. The van der Waals surface area contributed by atoms with Gasteiger partial charge in [0.05, 0.1) is 22.8 Å². The summed E-state index contributed by atoms with van der Waals surface area (Å²) in [5, 5.41) is 2.96. The van der Waals surface area contributed by atoms with Gasteiger partial charge in [-0.05, 0) is 49.7 Å². The van der Waals surface area contributed by atoms with Crippen LogP contribution in [0.25, 0.3) is 11.0 Å². The first-order valence-corrected chi connectivity index (χ1v) is 7.07. The maximum Gasteiger partial charge on any atom is 0.234 e. The lowest BCUT2D eigenvalue weighted by molar-refractivity contribution is -0.120. The van der Waals surface area contributed by atoms with Crippen LogP contribution in [0.1, 0.15) is 19.4 Å². The molecule has 0 atom stereocenters. The number of imidazole rings is 1. The van der Waals surface area contributed by atoms with E-state index >= 15 is 0 Å². The summed E-state index contributed by atoms with van der Waals surface area (Å²) >= 11 is 0. The molecule has 3 aromatic rings. The van der Waals surface area contributed by atoms with Crippen LogP contribution < -0.4 is 11.1 Å². The number of fused-ring (bicyclic) bond motifs is 1. The molecule has 5 heteroatoms. The third-order valence-corrected chi connectivity index (χ3v) is 3.88. The number of H-pyrrole nitrogens is 1. The number of rotatable bonds is 3. The Morgan fingerprint density at radius 2 is 1.91 bits per heavy atom. The summed E-state index contributed by atoms with van der Waals surface area (Å²) in [6.07, 6.45) is 1.63. The van der Waals surface area contributed by atoms with Gasteiger partial charge < -0.3 is 16.0 Å². The van der Waals surface area contributed by atoms with Crippen molar-refractivity contribution in [2.75, 3.05) is 11.1 Å². The molecule has 3 rings (SSSR count). The standard InChI is InChI=1S/C17H18N4O/c1-17(2,11-3-5-12(18)6-4-11)16(22)21-13-7-8-14-15(9-13)20-10-19-14/h3-10H,18H2,1-2H3,(H,19,20)(H,21,22). The van der Waals surface area contributed by atoms with E-state index in [4.69, 9.17) is 5.73 Å². The van der Waals surface area contributed by atoms with Crippen molar-refractivity contribution < 1.29 is 4.79 Å². The number of nitrogen functional groups attached to an aromatic ring is 1. The van der Waals surface area contributed by atoms with Gasteiger partial charge in [0.25, 0.3) is 0 Å². The van der Waals surface area contributed by atoms with Gasteiger partial charge in [-0.3, -0.25) is 4.79 Å². The number of hydrogen-bond acceptors (Lipinski definition) is 3. The molecule has 0 radical (unpaired) electrons. The highest BCUT2D eigenvalue weighted by Gasteiger charge is 2.29. The minimum Gasteiger partial charge on any atom is -0.399 e. The zero-order valence-electron chi connectivity index (χ0n) is 12.6. The molecule has 0 saturated carbocycles. The number of aromatic amines is 1. The van der Waals surface area contributed by atoms with Crippen LogP contribution in [-0.4, -0.2) is 15.9 Å². The fourth-order valence-electron chi connectivity index (χ4n) is 2.33. The van der Waals surface area contributed by atoms with Gasteiger partial charge in [-0.25, -0.2) is 4.98 Å². The first-order chi connectivity index (χ1) is 10.5. The summed E-state index contributed by atoms with van der Waals surface area (Å²) in [6.45, 7) is 3.78. The van der Waals surface area contributed by atoms with E-state index in [1.54, 1.807) is 18.5 Å². The van der Waals surface area contributed by atoms with E-state index in [9.17, 15) is 4.79 Å². The molecule has 5 nitrogen and oxygen atoms in total. The fourth-order valence-corrected chi connectivity index (χ4v) is 2.33. The van der Waals surface area contributed by atoms with Crippen LogP contribution in [0.5, 0.6) is 0 Å². The van der Waals surface area contributed by atoms with E-state index in [1.165, 1.54) is 0 Å². The lowest BCUT2D eigenvalue weighted by Gasteiger charge is -2.24. The SMILES string of the molecule is CC(C)(C(=O)Nc1ccc2nc[nH]c2c1)c1ccc(N)cc1. The number of aromatic nitrogens is 2. The zero-order valence-corrected chi connectivity index (χ0v) is 12.6. The summed E-state index contributed by atoms with van der Waals surface area (Å²) in [5.74, 6) is -0.0730. The van der Waals surface area contributed by atoms with E-state index in [2.05, 4.69) is 15.3 Å². The smallest absolute Gasteiger partial charge is 0.234 e. The van der Waals surface area contributed by atoms with Crippen LogP contribution >= 0.6 is 0 Å². The number of carbonyl (C=O) groups excluding carboxylic acids is 1. The highest BCUT2D eigenvalue weighted by molar-refractivity contribution is 5.99. The number of amides is 1. The molecule has 0 aliphatic heterocycles. The number of carbonyl (C=O) groups is 1. The van der Waals surface area contributed by atoms with Crippen LogP contribution in [0.15, 0.2) is 48.8 Å². The number of nitrogens with two attached hydrogens (primary N) is 1. The van der Waals surface area contributed by atoms with Gasteiger partial charge in [-0.1, -0.05) is 12.1 Å². The second-order valence-corrected chi connectivity index (χ2v) is 5.84. The van der Waals surface area contributed by atoms with E-state index in [-0.39, 0.29) is 5.91 Å². The Morgan fingerprint density at radius 3 is 2.64 bits per heavy atom. The Labute approximate surface area is 128 Å². The first kappa shape index (κ1) is 14.1. The normalized spacial score (nSPS) is 11.5. The van der Waals surface area contributed by atoms with Gasteiger partial charge in [0, 0.05) is 11.4 Å². The number of anilines is 2. The lowest BCUT2D eigenvalue weighted by Crippen LogP contribution is -2.34. The summed E-state index contributed by atoms with van der Waals surface area (Å²) < 4.78 is 0. The average molecular weight is 294 g/mol. The third-order valence-electron chi connectivity index (χ3n) is 3.88. The highest BCUT2D eigenvalue weighted by atomic mass is 16.2. The molecule has 0 aliphatic carbocycles. The first-order valence-electron chi connectivity index (χ1n) is 7.07. The Hall–Kier alpha value is -2.82. The molecular formula is C17H18N4O. The number of benzene rings is 2. The lowest BCUT2D eigenvalue weighted by atomic mass is 9.83. The van der Waals surface area contributed by atoms with Crippen molar-refractivity contribution in [2.45, 2.75) is 19.3 Å². The third kappa shape index (κ3) is 2.53. The van der Waals surface area contributed by atoms with Crippen molar-refractivity contribution in [3.8, 4) is 0 Å². The predicted molar refractivity (Wildman–Crippen MR) is 88.6 cm³/mol. The predicted octanol–water partition coefficient (Wildman–Crippen LogP) is 3.06. The van der Waals surface area contributed by atoms with Crippen LogP contribution in [-0.2, 0) is 10.2 Å². The number of nitrogens with one attached hydrogen (secondary N) is 2. The quantitative estimate of drug-likeness (QED) is 0.649. The summed E-state index contributed by atoms with van der Waals surface area (Å²) in [7, 11) is 0. The molecule has 0 unspecified atom stereocenters. The highest BCUT2D eigenvalue weighted by Crippen LogP contribution is 2.26. The minimum absolute atomic E-state index is 0.0730. The summed E-state index contributed by atoms with van der Waals surface area (Å²) in [5.41, 5.74) is 9.15. The van der Waals surface area contributed by atoms with Crippen LogP contribution in [0.2, 0.25) is 0 Å². The van der Waals surface area contributed by atoms with E-state index in [0.717, 1.165) is 22.3 Å². The topological polar surface area (TPSA) is 83.8 Å². The molecule has 22 heavy (non-hydrogen) atoms. The van der Waals surface area contributed by atoms with Crippen molar-refractivity contribution in [1.82, 2.24) is 9.97 Å². The molecule has 0 bridgehead atoms. The van der Waals surface area contributed by atoms with Crippen LogP contribution in [0.3, 0.4) is 0 Å². The van der Waals surface area contributed by atoms with Crippen LogP contribution in [0.4, 0.5) is 11.4 Å². The maximum atomic E-state index is 12.6. The van der Waals surface area contributed by atoms with Gasteiger partial charge in [0.1, 0.15) is 0 Å². The number of hydrogen-bond donors (Lipinski definition) is 3. The van der Waals surface area contributed by atoms with Gasteiger partial charge in [0.15, 0.2) is 0 Å². The van der Waals surface area contributed by atoms with Gasteiger partial charge in [-0.2, -0.15) is 0 Å². The fraction of sp³-hybridized carbons (Fsp3) is 0.176. The Balaban J connectivity index is 1.84. The van der Waals surface area contributed by atoms with E-state index in [1.807, 2.05) is 44.2 Å². The van der Waals surface area contributed by atoms with Crippen molar-refractivity contribution in [1.29, 1.82) is 0 Å². The van der Waals surface area contributed by atoms with Crippen LogP contribution in [0, 0.1) is 0 Å². The molecular weight excluding hydrogens is 276 g/mol. The van der Waals surface area contributed by atoms with E-state index < -0.39 is 5.41 Å². The molecule has 1 amide bonds. The molecule has 0 spiro atoms. The summed E-state index contributed by atoms with van der Waals surface area (Å²) in [6, 6.07) is 13.0. The molecule has 4 N–H and O–H groups in total. The summed E-state index contributed by atoms with van der Waals surface area (Å²) in [4.78, 5) is 19.8. The van der Waals surface area contributed by atoms with Crippen molar-refractivity contribution in [2.24, 2.45) is 0 Å². The van der Waals surface area contributed by atoms with Crippen molar-refractivity contribution >= 4 is 28.3 Å². The Morgan fingerprint density at radius 1 is 1.18 bits per heavy atom. The molecule has 1 aromatic heterocycles. The average Bonchev–Trinajstić information content (AvgIpc) is 2.95. The minimum atomic E-state index is -0.656. The molecule has 0 saturated heterocycles. The Kier molecular flexibility index (Phi) is 3.33. The number of nitrogens with zero attached hydrogens (tertiary/aromatic N) is 1. The monoisotopic (exact) mass is 294 g/mol. The second kappa shape index (κ2) is 5.18. The van der Waals surface area contributed by atoms with Gasteiger partial charge in [0.2, 0.25) is 5.91 Å². The molecule has 1 heterocycles. The molecule has 112 valence electrons. The Bertz CT molecular complexity index is 818. The largest absolute Gasteiger partial charge is 0.399 e. The van der Waals surface area contributed by atoms with Gasteiger partial charge in [-0.15, -0.1) is 0 Å². The van der Waals surface area contributed by atoms with E-state index in [0.29, 0.717) is 5.69 Å². The van der Waals surface area contributed by atoms with Crippen molar-refractivity contribution in [3.63, 3.8) is 0 Å². The molecule has 0 fully saturated rings. The van der Waals surface area contributed by atoms with Gasteiger partial charge >= 0.3 is 0 Å². The second-order valence-electron chi connectivity index (χ2n) is 5.84. The maximum absolute atomic E-state index is 12.6. The zero-order chi connectivity index (χ0) is 15.7.